The van der Waals surface area contributed by atoms with E-state index in [9.17, 15) is 19.9 Å². The van der Waals surface area contributed by atoms with Gasteiger partial charge in [-0.1, -0.05) is 48.5 Å². The Kier molecular flexibility index (Phi) is 6.26. The fourth-order valence-corrected chi connectivity index (χ4v) is 2.95. The minimum atomic E-state index is -2.06. The number of carbonyl (C=O) groups is 1. The zero-order valence-electron chi connectivity index (χ0n) is 14.5. The summed E-state index contributed by atoms with van der Waals surface area (Å²) >= 11 is 0. The fourth-order valence-electron chi connectivity index (χ4n) is 2.95. The Morgan fingerprint density at radius 2 is 1.81 bits per heavy atom. The third-order valence-electron chi connectivity index (χ3n) is 4.26. The summed E-state index contributed by atoms with van der Waals surface area (Å²) in [6, 6.07) is 16.2. The van der Waals surface area contributed by atoms with E-state index in [1.54, 1.807) is 24.3 Å². The number of amides is 1. The third-order valence-corrected chi connectivity index (χ3v) is 4.26. The number of aliphatic hydroxyl groups excluding tert-OH is 1. The van der Waals surface area contributed by atoms with Gasteiger partial charge >= 0.3 is 7.32 Å². The largest absolute Gasteiger partial charge is 0.635 e. The van der Waals surface area contributed by atoms with E-state index in [2.05, 4.69) is 5.32 Å². The average molecular weight is 369 g/mol. The van der Waals surface area contributed by atoms with Gasteiger partial charge in [0.1, 0.15) is 11.8 Å². The number of hydrogen-bond acceptors (Lipinski definition) is 6. The van der Waals surface area contributed by atoms with Crippen molar-refractivity contribution in [3.63, 3.8) is 0 Å². The molecule has 1 amide bonds. The molecule has 2 atom stereocenters. The van der Waals surface area contributed by atoms with Crippen LogP contribution in [0.1, 0.15) is 17.0 Å². The number of furan rings is 1. The quantitative estimate of drug-likeness (QED) is 0.351. The molecule has 27 heavy (non-hydrogen) atoms. The van der Waals surface area contributed by atoms with Crippen molar-refractivity contribution in [2.45, 2.75) is 18.6 Å². The highest BCUT2D eigenvalue weighted by atomic mass is 16.6. The number of aliphatic hydroxyl groups is 1. The maximum absolute atomic E-state index is 12.6. The molecule has 0 aliphatic carbocycles. The molecule has 0 radical (unpaired) electrons. The smallest absolute Gasteiger partial charge is 0.464 e. The molecule has 2 aromatic carbocycles. The van der Waals surface area contributed by atoms with Gasteiger partial charge in [0.25, 0.3) is 0 Å². The predicted molar refractivity (Wildman–Crippen MR) is 99.4 cm³/mol. The van der Waals surface area contributed by atoms with Gasteiger partial charge in [-0.3, -0.25) is 4.79 Å². The fraction of sp³-hybridized carbons (Fsp3) is 0.211. The molecule has 0 spiro atoms. The van der Waals surface area contributed by atoms with Crippen molar-refractivity contribution in [3.05, 3.63) is 72.0 Å². The molecule has 0 saturated carbocycles. The first-order valence-electron chi connectivity index (χ1n) is 8.51. The van der Waals surface area contributed by atoms with Crippen LogP contribution in [-0.2, 0) is 15.9 Å². The maximum atomic E-state index is 12.6. The van der Waals surface area contributed by atoms with E-state index < -0.39 is 25.4 Å². The predicted octanol–water partition coefficient (Wildman–Crippen LogP) is 1.18. The number of benzene rings is 2. The lowest BCUT2D eigenvalue weighted by Crippen LogP contribution is -2.44. The van der Waals surface area contributed by atoms with Gasteiger partial charge in [-0.25, -0.2) is 0 Å². The van der Waals surface area contributed by atoms with E-state index in [1.807, 2.05) is 30.3 Å². The van der Waals surface area contributed by atoms with Crippen LogP contribution in [0.3, 0.4) is 0 Å². The number of nitrogens with one attached hydrogen (secondary N) is 1. The Bertz CT molecular complexity index is 882. The van der Waals surface area contributed by atoms with Crippen molar-refractivity contribution in [1.82, 2.24) is 5.32 Å². The molecule has 1 heterocycles. The minimum Gasteiger partial charge on any atom is -0.464 e. The average Bonchev–Trinajstić information content (AvgIpc) is 3.06. The summed E-state index contributed by atoms with van der Waals surface area (Å²) in [5.41, 5.74) is 2.08. The highest BCUT2D eigenvalue weighted by Crippen LogP contribution is 2.23. The molecule has 1 aromatic heterocycles. The van der Waals surface area contributed by atoms with Gasteiger partial charge < -0.3 is 29.5 Å². The first-order chi connectivity index (χ1) is 13.1. The highest BCUT2D eigenvalue weighted by molar-refractivity contribution is 6.32. The zero-order chi connectivity index (χ0) is 19.2. The summed E-state index contributed by atoms with van der Waals surface area (Å²) in [5, 5.41) is 31.5. The number of fused-ring (bicyclic) bond motifs is 1. The molecule has 0 bridgehead atoms. The normalized spacial score (nSPS) is 13.3. The first kappa shape index (κ1) is 19.1. The Morgan fingerprint density at radius 3 is 2.52 bits per heavy atom. The lowest BCUT2D eigenvalue weighted by Gasteiger charge is -2.22. The summed E-state index contributed by atoms with van der Waals surface area (Å²) in [6.07, 6.45) is 0.682. The Balaban J connectivity index is 1.77. The van der Waals surface area contributed by atoms with Gasteiger partial charge in [0.15, 0.2) is 0 Å². The van der Waals surface area contributed by atoms with Gasteiger partial charge in [-0.05, 0) is 11.6 Å². The molecule has 3 aromatic rings. The molecule has 7 nitrogen and oxygen atoms in total. The molecule has 0 aliphatic rings. The van der Waals surface area contributed by atoms with E-state index in [-0.39, 0.29) is 13.0 Å². The van der Waals surface area contributed by atoms with E-state index in [1.165, 1.54) is 6.26 Å². The first-order valence-corrected chi connectivity index (χ1v) is 8.51. The van der Waals surface area contributed by atoms with Crippen LogP contribution in [0, 0.1) is 0 Å². The second-order valence-corrected chi connectivity index (χ2v) is 6.07. The molecule has 0 unspecified atom stereocenters. The van der Waals surface area contributed by atoms with Gasteiger partial charge in [0.2, 0.25) is 5.91 Å². The standard InChI is InChI=1S/C19H20BNO6/c22-11-16(13-6-2-1-3-7-13)19(23)21-18(27-20(24)25)10-14-12-26-17-9-5-4-8-15(14)17/h1-9,12,16,18,22,24-25H,10-11H2,(H,21,23)/t16-,18-/m0/s1. The Labute approximate surface area is 156 Å². The van der Waals surface area contributed by atoms with Crippen LogP contribution in [0.5, 0.6) is 0 Å². The molecular formula is C19H20BNO6. The van der Waals surface area contributed by atoms with Gasteiger partial charge in [-0.2, -0.15) is 0 Å². The SMILES string of the molecule is O=C(N[C@H](Cc1coc2ccccc12)OB(O)O)[C@@H](CO)c1ccccc1. The van der Waals surface area contributed by atoms with Gasteiger partial charge in [0.05, 0.1) is 18.8 Å². The van der Waals surface area contributed by atoms with Crippen LogP contribution in [-0.4, -0.2) is 41.2 Å². The second-order valence-electron chi connectivity index (χ2n) is 6.07. The Morgan fingerprint density at radius 1 is 1.11 bits per heavy atom. The number of rotatable bonds is 8. The van der Waals surface area contributed by atoms with Gasteiger partial charge in [0, 0.05) is 17.4 Å². The summed E-state index contributed by atoms with van der Waals surface area (Å²) in [5.74, 6) is -1.28. The van der Waals surface area contributed by atoms with E-state index in [0.717, 1.165) is 10.9 Å². The lowest BCUT2D eigenvalue weighted by molar-refractivity contribution is -0.126. The van der Waals surface area contributed by atoms with Crippen molar-refractivity contribution in [1.29, 1.82) is 0 Å². The topological polar surface area (TPSA) is 112 Å². The monoisotopic (exact) mass is 369 g/mol. The summed E-state index contributed by atoms with van der Waals surface area (Å²) < 4.78 is 10.5. The van der Waals surface area contributed by atoms with Crippen LogP contribution in [0.25, 0.3) is 11.0 Å². The van der Waals surface area contributed by atoms with Crippen molar-refractivity contribution in [3.8, 4) is 0 Å². The van der Waals surface area contributed by atoms with Crippen molar-refractivity contribution < 1.29 is 29.0 Å². The molecule has 0 saturated heterocycles. The van der Waals surface area contributed by atoms with Crippen molar-refractivity contribution >= 4 is 24.2 Å². The van der Waals surface area contributed by atoms with Gasteiger partial charge in [-0.15, -0.1) is 0 Å². The molecule has 3 rings (SSSR count). The van der Waals surface area contributed by atoms with Crippen LogP contribution in [0.4, 0.5) is 0 Å². The molecule has 4 N–H and O–H groups in total. The zero-order valence-corrected chi connectivity index (χ0v) is 14.5. The van der Waals surface area contributed by atoms with Crippen molar-refractivity contribution in [2.75, 3.05) is 6.61 Å². The van der Waals surface area contributed by atoms with Crippen LogP contribution >= 0.6 is 0 Å². The number of carbonyl (C=O) groups excluding carboxylic acids is 1. The molecule has 0 aliphatic heterocycles. The molecule has 8 heteroatoms. The van der Waals surface area contributed by atoms with E-state index in [4.69, 9.17) is 9.07 Å². The van der Waals surface area contributed by atoms with Crippen LogP contribution in [0.2, 0.25) is 0 Å². The summed E-state index contributed by atoms with van der Waals surface area (Å²) in [4.78, 5) is 12.6. The molecule has 140 valence electrons. The minimum absolute atomic E-state index is 0.160. The number of hydrogen-bond donors (Lipinski definition) is 4. The summed E-state index contributed by atoms with van der Waals surface area (Å²) in [7, 11) is -2.06. The Hall–Kier alpha value is -2.65. The van der Waals surface area contributed by atoms with Crippen LogP contribution in [0.15, 0.2) is 65.3 Å². The highest BCUT2D eigenvalue weighted by Gasteiger charge is 2.26. The van der Waals surface area contributed by atoms with E-state index in [0.29, 0.717) is 11.1 Å². The number of para-hydroxylation sites is 1. The second kappa shape index (κ2) is 8.83. The summed E-state index contributed by atoms with van der Waals surface area (Å²) in [6.45, 7) is -0.390. The lowest BCUT2D eigenvalue weighted by atomic mass is 9.99. The van der Waals surface area contributed by atoms with Crippen LogP contribution < -0.4 is 5.32 Å². The maximum Gasteiger partial charge on any atom is 0.635 e. The molecule has 0 fully saturated rings. The third kappa shape index (κ3) is 4.75. The molecular weight excluding hydrogens is 349 g/mol. The van der Waals surface area contributed by atoms with Crippen molar-refractivity contribution in [2.24, 2.45) is 0 Å². The van der Waals surface area contributed by atoms with E-state index >= 15 is 0 Å².